The minimum atomic E-state index is -4.70. The van der Waals surface area contributed by atoms with Gasteiger partial charge in [0.1, 0.15) is 0 Å². The van der Waals surface area contributed by atoms with Gasteiger partial charge in [-0.15, -0.1) is 25.3 Å². The Hall–Kier alpha value is -15.4. The molecule has 0 aliphatic carbocycles. The van der Waals surface area contributed by atoms with Gasteiger partial charge >= 0.3 is 157 Å². The van der Waals surface area contributed by atoms with Gasteiger partial charge in [-0.05, 0) is 122 Å². The van der Waals surface area contributed by atoms with Gasteiger partial charge in [0.15, 0.2) is 0 Å². The number of carbonyl (C=O) groups excluding carboxylic acids is 4. The molecule has 0 bridgehead atoms. The predicted molar refractivity (Wildman–Crippen MR) is 522 cm³/mol. The minimum Gasteiger partial charge on any atom is -0.754 e. The van der Waals surface area contributed by atoms with E-state index in [0.29, 0.717) is 50.8 Å². The second-order valence-corrected chi connectivity index (χ2v) is 32.0. The number of ether oxygens (including phenoxy) is 8. The number of hydrogen-bond acceptors (Lipinski definition) is 29. The summed E-state index contributed by atoms with van der Waals surface area (Å²) in [7, 11) is -8.66. The Balaban J connectivity index is 0.000000232. The van der Waals surface area contributed by atoms with Gasteiger partial charge in [0.25, 0.3) is 22.2 Å². The zero-order valence-electron chi connectivity index (χ0n) is 79.7. The van der Waals surface area contributed by atoms with E-state index >= 15 is 0 Å². The van der Waals surface area contributed by atoms with Crippen LogP contribution in [-0.4, -0.2) is 127 Å². The quantitative estimate of drug-likeness (QED) is 0.0260. The van der Waals surface area contributed by atoms with Crippen molar-refractivity contribution in [3.05, 3.63) is 497 Å². The molecule has 0 fully saturated rings. The zero-order chi connectivity index (χ0) is 103. The van der Waals surface area contributed by atoms with E-state index in [9.17, 15) is 70.5 Å². The Labute approximate surface area is 907 Å². The van der Waals surface area contributed by atoms with Crippen molar-refractivity contribution in [2.75, 3.05) is 27.4 Å². The number of benzene rings is 12. The molecule has 43 heteroatoms. The van der Waals surface area contributed by atoms with Gasteiger partial charge in [0.2, 0.25) is 23.5 Å². The van der Waals surface area contributed by atoms with Gasteiger partial charge in [-0.1, -0.05) is 235 Å². The molecule has 16 aromatic rings. The maximum atomic E-state index is 13.7. The summed E-state index contributed by atoms with van der Waals surface area (Å²) in [6, 6.07) is 105. The van der Waals surface area contributed by atoms with Gasteiger partial charge in [-0.25, -0.2) is 65.8 Å². The van der Waals surface area contributed by atoms with Crippen LogP contribution in [0, 0.1) is 12.1 Å². The van der Waals surface area contributed by atoms with Gasteiger partial charge in [-0.3, -0.25) is 36.7 Å². The van der Waals surface area contributed by atoms with Gasteiger partial charge in [0, 0.05) is 12.8 Å². The summed E-state index contributed by atoms with van der Waals surface area (Å²) in [5, 5.41) is 0. The SMILES string of the molecule is CCOC(=O)Oc1c(Cc2[c-]cccc2)c(=O)n(-c2ccccc2)c(=O)n1-c1ccccc1.CCOC(=O)Oc1c(Cc2ccccc2)c(=O)n(-c2ccccc2)c(=O)n1-c1ccccc1.COC(=O)Oc1c(Cc2[c-]cc(S(=O)(=O)[O-])cc2)c(=O)n(-c2ccccc2)c(=O)n1Cc1ccccc1.COC(=O)Oc1c(Cc2ccccc2)c(=O)n(-c2ccccc2)c(=O)n1Cc1ccccc1.O=S(=O)=O.O=S(=O)=O.[Na+].[Na+].[Na+]. The smallest absolute Gasteiger partial charge is 0.754 e. The van der Waals surface area contributed by atoms with Crippen molar-refractivity contribution < 1.29 is 184 Å². The molecule has 0 radical (unpaired) electrons. The van der Waals surface area contributed by atoms with Crippen molar-refractivity contribution in [3.8, 4) is 57.6 Å². The normalized spacial score (nSPS) is 10.3. The average molecular weight is 2080 g/mol. The number of carbonyl (C=O) groups is 4. The molecule has 147 heavy (non-hydrogen) atoms. The van der Waals surface area contributed by atoms with Crippen LogP contribution in [0.25, 0.3) is 34.1 Å². The first-order valence-corrected chi connectivity index (χ1v) is 46.6. The molecule has 4 heterocycles. The number of methoxy groups -OCH3 is 2. The summed E-state index contributed by atoms with van der Waals surface area (Å²) in [4.78, 5) is 157. The van der Waals surface area contributed by atoms with Crippen molar-refractivity contribution in [1.29, 1.82) is 0 Å². The second-order valence-electron chi connectivity index (χ2n) is 29.8. The Morgan fingerprint density at radius 3 is 0.810 bits per heavy atom. The Morgan fingerprint density at radius 1 is 0.299 bits per heavy atom. The zero-order valence-corrected chi connectivity index (χ0v) is 88.2. The molecule has 0 N–H and O–H groups in total. The van der Waals surface area contributed by atoms with Crippen LogP contribution in [0.2, 0.25) is 0 Å². The molecule has 0 spiro atoms. The monoisotopic (exact) mass is 2070 g/mol. The Bertz CT molecular complexity index is 7770. The number of nitrogens with zero attached hydrogens (tertiary/aromatic N) is 8. The summed E-state index contributed by atoms with van der Waals surface area (Å²) >= 11 is 0. The minimum absolute atomic E-state index is 0. The molecular weight excluding hydrogens is 1990 g/mol. The van der Waals surface area contributed by atoms with Crippen LogP contribution < -0.4 is 153 Å². The molecule has 16 rings (SSSR count). The second kappa shape index (κ2) is 57.9. The molecule has 0 aliphatic rings. The van der Waals surface area contributed by atoms with Crippen molar-refractivity contribution in [3.63, 3.8) is 0 Å². The Kier molecular flexibility index (Phi) is 46.0. The molecule has 0 aliphatic heterocycles. The summed E-state index contributed by atoms with van der Waals surface area (Å²) in [5.74, 6) is -0.798. The largest absolute Gasteiger partial charge is 1.00 e. The maximum absolute atomic E-state index is 13.7. The Morgan fingerprint density at radius 2 is 0.544 bits per heavy atom. The maximum Gasteiger partial charge on any atom is 1.00 e. The van der Waals surface area contributed by atoms with Gasteiger partial charge < -0.3 is 42.4 Å². The number of para-hydroxylation sites is 6. The first-order valence-electron chi connectivity index (χ1n) is 43.2. The first kappa shape index (κ1) is 117. The van der Waals surface area contributed by atoms with E-state index in [4.69, 9.17) is 53.7 Å². The fraction of sp³-hybridized carbons (Fsp3) is 0.115. The van der Waals surface area contributed by atoms with Gasteiger partial charge in [0.05, 0.1) is 107 Å². The predicted octanol–water partition coefficient (Wildman–Crippen LogP) is 3.30. The molecule has 0 saturated carbocycles. The van der Waals surface area contributed by atoms with Crippen LogP contribution >= 0.6 is 0 Å². The molecule has 0 amide bonds. The number of rotatable bonds is 25. The van der Waals surface area contributed by atoms with E-state index < -0.39 is 106 Å². The average Bonchev–Trinajstić information content (AvgIpc) is 0.756. The van der Waals surface area contributed by atoms with E-state index in [-0.39, 0.29) is 186 Å². The van der Waals surface area contributed by atoms with Crippen LogP contribution in [0.1, 0.15) is 69.5 Å². The standard InChI is InChI=1S/C26H21N2O8S.2C26H22N2O5.C26H21N2O5.3Na.2O3S/c1-35-26(31)36-24-22(16-18-12-14-21(15-13-18)37(32,33)34)23(29)28(20-10-6-3-7-11-20)25(30)27(24)17-19-8-4-2-5-9-19;1-32-26(31)33-24-22(17-19-11-5-2-6-12-19)23(29)28(21-15-9-4-10-16-21)25(30)27(24)18-20-13-7-3-8-14-20;2*1-2-32-26(31)33-24-22(18-19-12-6-3-7-13-19)23(29)27(20-14-8-4-9-15-20)25(30)28(24)21-16-10-5-11-17-21;;;;2*1-4(2)3/h2-12,14-15H,16-17H2,1H3,(H,32,33,34);2-16H,17-18H2,1H3;3-17H,2,18H2,1H3;3-12,14-17H,2,18H2,1H3;;;;;/q-1;;;-1;3*+1;;/p-1. The van der Waals surface area contributed by atoms with Gasteiger partial charge in [-0.2, -0.15) is 65.7 Å². The van der Waals surface area contributed by atoms with Crippen LogP contribution in [0.15, 0.2) is 389 Å². The number of aromatic nitrogens is 8. The van der Waals surface area contributed by atoms with E-state index in [1.807, 2.05) is 103 Å². The molecule has 37 nitrogen and oxygen atoms in total. The van der Waals surface area contributed by atoms with Crippen molar-refractivity contribution in [2.24, 2.45) is 0 Å². The third kappa shape index (κ3) is 32.3. The van der Waals surface area contributed by atoms with Crippen molar-refractivity contribution in [2.45, 2.75) is 57.5 Å². The molecular formula is C104H85N8Na3O29S3. The van der Waals surface area contributed by atoms with Crippen LogP contribution in [0.3, 0.4) is 0 Å². The third-order valence-electron chi connectivity index (χ3n) is 20.5. The van der Waals surface area contributed by atoms with Crippen LogP contribution in [-0.2, 0) is 89.1 Å². The van der Waals surface area contributed by atoms with E-state index in [1.165, 1.54) is 26.9 Å². The topological polar surface area (TPSA) is 478 Å². The first-order chi connectivity index (χ1) is 69.4. The summed E-state index contributed by atoms with van der Waals surface area (Å²) in [6.07, 6.45) is -3.95. The van der Waals surface area contributed by atoms with E-state index in [1.54, 1.807) is 238 Å². The van der Waals surface area contributed by atoms with Crippen molar-refractivity contribution in [1.82, 2.24) is 36.5 Å². The van der Waals surface area contributed by atoms with Crippen LogP contribution in [0.4, 0.5) is 19.2 Å². The van der Waals surface area contributed by atoms with E-state index in [0.717, 1.165) is 58.8 Å². The molecule has 736 valence electrons. The summed E-state index contributed by atoms with van der Waals surface area (Å²) in [6.45, 7) is 3.51. The molecule has 0 saturated heterocycles. The fourth-order valence-electron chi connectivity index (χ4n) is 14.3. The summed E-state index contributed by atoms with van der Waals surface area (Å²) < 4.78 is 134. The molecule has 0 atom stereocenters. The summed E-state index contributed by atoms with van der Waals surface area (Å²) in [5.41, 5.74) is 1.76. The fourth-order valence-corrected chi connectivity index (χ4v) is 14.7. The third-order valence-corrected chi connectivity index (χ3v) is 21.3. The molecule has 0 unspecified atom stereocenters. The van der Waals surface area contributed by atoms with E-state index in [2.05, 4.69) is 21.6 Å². The molecule has 12 aromatic carbocycles. The van der Waals surface area contributed by atoms with Crippen LogP contribution in [0.5, 0.6) is 23.5 Å². The molecule has 4 aromatic heterocycles. The number of hydrogen-bond donors (Lipinski definition) is 0. The van der Waals surface area contributed by atoms with Crippen molar-refractivity contribution >= 4 is 56.0 Å².